The maximum absolute atomic E-state index is 6.59. The van der Waals surface area contributed by atoms with Crippen molar-refractivity contribution in [2.75, 3.05) is 0 Å². The van der Waals surface area contributed by atoms with E-state index in [-0.39, 0.29) is 5.38 Å². The Kier molecular flexibility index (Phi) is 4.10. The molecule has 0 fully saturated rings. The third kappa shape index (κ3) is 2.83. The highest BCUT2D eigenvalue weighted by atomic mass is 127. The Hall–Kier alpha value is -0.540. The SMILES string of the molecule is Cc1ccc(C(Cl)c2ccccc2I)c(C)c1. The number of halogens is 2. The van der Waals surface area contributed by atoms with Crippen LogP contribution in [0.15, 0.2) is 42.5 Å². The molecule has 0 heterocycles. The van der Waals surface area contributed by atoms with Crippen LogP contribution in [-0.2, 0) is 0 Å². The van der Waals surface area contributed by atoms with E-state index in [1.807, 2.05) is 12.1 Å². The molecule has 2 aromatic rings. The largest absolute Gasteiger partial charge is 0.113 e. The second-order valence-corrected chi connectivity index (χ2v) is 5.84. The highest BCUT2D eigenvalue weighted by Gasteiger charge is 2.15. The van der Waals surface area contributed by atoms with Crippen LogP contribution in [0, 0.1) is 17.4 Å². The Morgan fingerprint density at radius 2 is 1.71 bits per heavy atom. The molecule has 0 bridgehead atoms. The lowest BCUT2D eigenvalue weighted by atomic mass is 9.98. The van der Waals surface area contributed by atoms with Crippen LogP contribution >= 0.6 is 34.2 Å². The van der Waals surface area contributed by atoms with Crippen molar-refractivity contribution in [2.45, 2.75) is 19.2 Å². The van der Waals surface area contributed by atoms with E-state index < -0.39 is 0 Å². The van der Waals surface area contributed by atoms with Crippen molar-refractivity contribution in [1.29, 1.82) is 0 Å². The van der Waals surface area contributed by atoms with E-state index in [1.165, 1.54) is 25.8 Å². The molecule has 0 radical (unpaired) electrons. The summed E-state index contributed by atoms with van der Waals surface area (Å²) < 4.78 is 1.21. The third-order valence-electron chi connectivity index (χ3n) is 2.88. The number of rotatable bonds is 2. The molecule has 0 saturated heterocycles. The van der Waals surface area contributed by atoms with Gasteiger partial charge in [-0.15, -0.1) is 11.6 Å². The minimum atomic E-state index is -0.0660. The van der Waals surface area contributed by atoms with E-state index >= 15 is 0 Å². The summed E-state index contributed by atoms with van der Waals surface area (Å²) in [5, 5.41) is -0.0660. The standard InChI is InChI=1S/C15H14ClI/c1-10-7-8-12(11(2)9-10)15(16)13-5-3-4-6-14(13)17/h3-9,15H,1-2H3. The Labute approximate surface area is 121 Å². The van der Waals surface area contributed by atoms with Gasteiger partial charge in [0.1, 0.15) is 0 Å². The van der Waals surface area contributed by atoms with Gasteiger partial charge in [0, 0.05) is 3.57 Å². The number of hydrogen-bond donors (Lipinski definition) is 0. The summed E-state index contributed by atoms with van der Waals surface area (Å²) in [6, 6.07) is 14.7. The predicted octanol–water partition coefficient (Wildman–Crippen LogP) is 5.24. The lowest BCUT2D eigenvalue weighted by Crippen LogP contribution is -1.98. The van der Waals surface area contributed by atoms with Crippen LogP contribution in [0.25, 0.3) is 0 Å². The summed E-state index contributed by atoms with van der Waals surface area (Å²) in [6.07, 6.45) is 0. The molecule has 0 nitrogen and oxygen atoms in total. The van der Waals surface area contributed by atoms with Gasteiger partial charge < -0.3 is 0 Å². The van der Waals surface area contributed by atoms with Gasteiger partial charge in [-0.1, -0.05) is 42.0 Å². The van der Waals surface area contributed by atoms with Crippen molar-refractivity contribution < 1.29 is 0 Å². The molecular formula is C15H14ClI. The summed E-state index contributed by atoms with van der Waals surface area (Å²) in [5.41, 5.74) is 4.91. The van der Waals surface area contributed by atoms with Crippen LogP contribution in [0.1, 0.15) is 27.6 Å². The maximum Gasteiger partial charge on any atom is 0.0848 e. The average Bonchev–Trinajstić information content (AvgIpc) is 2.29. The molecule has 2 heteroatoms. The number of aryl methyl sites for hydroxylation is 2. The van der Waals surface area contributed by atoms with Crippen LogP contribution in [0.5, 0.6) is 0 Å². The number of alkyl halides is 1. The molecule has 0 aliphatic rings. The van der Waals surface area contributed by atoms with Gasteiger partial charge in [-0.2, -0.15) is 0 Å². The molecule has 0 spiro atoms. The van der Waals surface area contributed by atoms with Gasteiger partial charge in [0.2, 0.25) is 0 Å². The first-order valence-corrected chi connectivity index (χ1v) is 7.07. The molecule has 0 N–H and O–H groups in total. The van der Waals surface area contributed by atoms with Gasteiger partial charge in [0.05, 0.1) is 5.38 Å². The molecule has 0 aliphatic heterocycles. The lowest BCUT2D eigenvalue weighted by Gasteiger charge is -2.15. The quantitative estimate of drug-likeness (QED) is 0.510. The van der Waals surface area contributed by atoms with Crippen molar-refractivity contribution in [1.82, 2.24) is 0 Å². The zero-order valence-corrected chi connectivity index (χ0v) is 12.8. The molecule has 1 atom stereocenters. The summed E-state index contributed by atoms with van der Waals surface area (Å²) in [7, 11) is 0. The van der Waals surface area contributed by atoms with E-state index in [2.05, 4.69) is 66.8 Å². The van der Waals surface area contributed by atoms with Crippen LogP contribution in [0.2, 0.25) is 0 Å². The fourth-order valence-corrected chi connectivity index (χ4v) is 3.28. The molecule has 88 valence electrons. The van der Waals surface area contributed by atoms with Crippen molar-refractivity contribution >= 4 is 34.2 Å². The Morgan fingerprint density at radius 3 is 2.35 bits per heavy atom. The number of benzene rings is 2. The molecular weight excluding hydrogens is 343 g/mol. The molecule has 2 aromatic carbocycles. The third-order valence-corrected chi connectivity index (χ3v) is 4.33. The first-order chi connectivity index (χ1) is 8.09. The van der Waals surface area contributed by atoms with Gasteiger partial charge in [-0.05, 0) is 59.2 Å². The Morgan fingerprint density at radius 1 is 1.00 bits per heavy atom. The van der Waals surface area contributed by atoms with Crippen molar-refractivity contribution in [2.24, 2.45) is 0 Å². The fourth-order valence-electron chi connectivity index (χ4n) is 1.96. The monoisotopic (exact) mass is 356 g/mol. The zero-order valence-electron chi connectivity index (χ0n) is 9.87. The molecule has 0 aromatic heterocycles. The first-order valence-electron chi connectivity index (χ1n) is 5.55. The van der Waals surface area contributed by atoms with Gasteiger partial charge in [0.15, 0.2) is 0 Å². The van der Waals surface area contributed by atoms with Crippen molar-refractivity contribution in [3.05, 3.63) is 68.3 Å². The molecule has 1 unspecified atom stereocenters. The minimum Gasteiger partial charge on any atom is -0.113 e. The maximum atomic E-state index is 6.59. The Bertz CT molecular complexity index is 534. The van der Waals surface area contributed by atoms with Crippen LogP contribution in [0.4, 0.5) is 0 Å². The topological polar surface area (TPSA) is 0 Å². The van der Waals surface area contributed by atoms with Crippen LogP contribution in [-0.4, -0.2) is 0 Å². The van der Waals surface area contributed by atoms with E-state index in [9.17, 15) is 0 Å². The van der Waals surface area contributed by atoms with Gasteiger partial charge >= 0.3 is 0 Å². The first kappa shape index (κ1) is 12.9. The van der Waals surface area contributed by atoms with Gasteiger partial charge in [-0.3, -0.25) is 0 Å². The summed E-state index contributed by atoms with van der Waals surface area (Å²) in [5.74, 6) is 0. The molecule has 17 heavy (non-hydrogen) atoms. The predicted molar refractivity (Wildman–Crippen MR) is 82.8 cm³/mol. The normalized spacial score (nSPS) is 12.5. The minimum absolute atomic E-state index is 0.0660. The fraction of sp³-hybridized carbons (Fsp3) is 0.200. The van der Waals surface area contributed by atoms with E-state index in [4.69, 9.17) is 11.6 Å². The lowest BCUT2D eigenvalue weighted by molar-refractivity contribution is 1.09. The Balaban J connectivity index is 2.44. The molecule has 0 saturated carbocycles. The smallest absolute Gasteiger partial charge is 0.0848 e. The summed E-state index contributed by atoms with van der Waals surface area (Å²) >= 11 is 8.93. The summed E-state index contributed by atoms with van der Waals surface area (Å²) in [6.45, 7) is 4.22. The highest BCUT2D eigenvalue weighted by molar-refractivity contribution is 14.1. The van der Waals surface area contributed by atoms with E-state index in [0.717, 1.165) is 0 Å². The molecule has 0 amide bonds. The van der Waals surface area contributed by atoms with Crippen LogP contribution < -0.4 is 0 Å². The van der Waals surface area contributed by atoms with E-state index in [1.54, 1.807) is 0 Å². The van der Waals surface area contributed by atoms with E-state index in [0.29, 0.717) is 0 Å². The molecule has 2 rings (SSSR count). The van der Waals surface area contributed by atoms with Crippen molar-refractivity contribution in [3.63, 3.8) is 0 Å². The van der Waals surface area contributed by atoms with Crippen LogP contribution in [0.3, 0.4) is 0 Å². The number of hydrogen-bond acceptors (Lipinski definition) is 0. The second kappa shape index (κ2) is 5.40. The van der Waals surface area contributed by atoms with Gasteiger partial charge in [-0.25, -0.2) is 0 Å². The summed E-state index contributed by atoms with van der Waals surface area (Å²) in [4.78, 5) is 0. The van der Waals surface area contributed by atoms with Crippen molar-refractivity contribution in [3.8, 4) is 0 Å². The van der Waals surface area contributed by atoms with Gasteiger partial charge in [0.25, 0.3) is 0 Å². The highest BCUT2D eigenvalue weighted by Crippen LogP contribution is 2.33. The second-order valence-electron chi connectivity index (χ2n) is 4.24. The molecule has 0 aliphatic carbocycles. The average molecular weight is 357 g/mol. The zero-order chi connectivity index (χ0) is 12.4.